The Morgan fingerprint density at radius 2 is 1.87 bits per heavy atom. The first-order valence-corrected chi connectivity index (χ1v) is 11.2. The van der Waals surface area contributed by atoms with Crippen molar-refractivity contribution in [2.45, 2.75) is 32.1 Å². The molecule has 3 aromatic rings. The molecule has 1 amide bonds. The molecule has 3 rings (SSSR count). The maximum atomic E-state index is 12.9. The summed E-state index contributed by atoms with van der Waals surface area (Å²) in [5, 5.41) is 5.01. The van der Waals surface area contributed by atoms with E-state index in [4.69, 9.17) is 9.15 Å². The summed E-state index contributed by atoms with van der Waals surface area (Å²) in [5.74, 6) is 1.90. The van der Waals surface area contributed by atoms with E-state index in [9.17, 15) is 9.59 Å². The summed E-state index contributed by atoms with van der Waals surface area (Å²) in [5.41, 5.74) is 0.993. The zero-order chi connectivity index (χ0) is 21.3. The number of carbonyl (C=O) groups is 2. The molecule has 0 saturated carbocycles. The Morgan fingerprint density at radius 3 is 2.60 bits per heavy atom. The summed E-state index contributed by atoms with van der Waals surface area (Å²) in [6.45, 7) is 4.25. The fourth-order valence-electron chi connectivity index (χ4n) is 3.02. The Labute approximate surface area is 181 Å². The summed E-state index contributed by atoms with van der Waals surface area (Å²) in [7, 11) is 0. The summed E-state index contributed by atoms with van der Waals surface area (Å²) in [6, 6.07) is 17.2. The molecule has 1 unspecified atom stereocenters. The smallest absolute Gasteiger partial charge is 0.407 e. The Hall–Kier alpha value is -2.73. The van der Waals surface area contributed by atoms with Gasteiger partial charge in [0.25, 0.3) is 0 Å². The molecule has 0 saturated heterocycles. The van der Waals surface area contributed by atoms with Crippen molar-refractivity contribution in [1.82, 2.24) is 5.32 Å². The lowest BCUT2D eigenvalue weighted by Gasteiger charge is -2.18. The minimum Gasteiger partial charge on any atom is -0.468 e. The van der Waals surface area contributed by atoms with E-state index in [1.807, 2.05) is 56.3 Å². The molecular formula is C24H27NO4S. The Morgan fingerprint density at radius 1 is 1.07 bits per heavy atom. The second-order valence-electron chi connectivity index (χ2n) is 7.61. The predicted octanol–water partition coefficient (Wildman–Crippen LogP) is 5.23. The summed E-state index contributed by atoms with van der Waals surface area (Å²) in [4.78, 5) is 25.1. The minimum absolute atomic E-state index is 0.0405. The van der Waals surface area contributed by atoms with Crippen molar-refractivity contribution in [2.24, 2.45) is 5.92 Å². The van der Waals surface area contributed by atoms with E-state index in [-0.39, 0.29) is 17.5 Å². The Balaban J connectivity index is 1.66. The van der Waals surface area contributed by atoms with Crippen molar-refractivity contribution in [2.75, 3.05) is 12.4 Å². The van der Waals surface area contributed by atoms with Crippen molar-refractivity contribution in [3.63, 3.8) is 0 Å². The van der Waals surface area contributed by atoms with E-state index < -0.39 is 12.1 Å². The van der Waals surface area contributed by atoms with Crippen LogP contribution in [0.2, 0.25) is 0 Å². The van der Waals surface area contributed by atoms with Gasteiger partial charge in [0.2, 0.25) is 0 Å². The lowest BCUT2D eigenvalue weighted by atomic mass is 10.00. The fourth-order valence-corrected chi connectivity index (χ4v) is 3.89. The first-order chi connectivity index (χ1) is 14.5. The van der Waals surface area contributed by atoms with Gasteiger partial charge in [-0.25, -0.2) is 4.79 Å². The van der Waals surface area contributed by atoms with E-state index in [1.165, 1.54) is 11.8 Å². The van der Waals surface area contributed by atoms with Gasteiger partial charge in [0.15, 0.2) is 5.78 Å². The molecule has 0 aliphatic rings. The lowest BCUT2D eigenvalue weighted by Crippen LogP contribution is -2.43. The van der Waals surface area contributed by atoms with Crippen molar-refractivity contribution in [1.29, 1.82) is 0 Å². The van der Waals surface area contributed by atoms with Crippen LogP contribution in [0, 0.1) is 5.92 Å². The van der Waals surface area contributed by atoms with Crippen molar-refractivity contribution in [3.05, 3.63) is 72.2 Å². The fraction of sp³-hybridized carbons (Fsp3) is 0.333. The molecule has 0 aliphatic heterocycles. The van der Waals surface area contributed by atoms with Crippen LogP contribution >= 0.6 is 11.8 Å². The van der Waals surface area contributed by atoms with Gasteiger partial charge in [-0.3, -0.25) is 4.79 Å². The number of hydrogen-bond donors (Lipinski definition) is 1. The Kier molecular flexibility index (Phi) is 7.97. The zero-order valence-corrected chi connectivity index (χ0v) is 18.1. The normalized spacial score (nSPS) is 12.1. The highest BCUT2D eigenvalue weighted by molar-refractivity contribution is 7.99. The average Bonchev–Trinajstić information content (AvgIpc) is 3.25. The van der Waals surface area contributed by atoms with Gasteiger partial charge in [0, 0.05) is 0 Å². The lowest BCUT2D eigenvalue weighted by molar-refractivity contribution is -0.118. The monoisotopic (exact) mass is 425 g/mol. The van der Waals surface area contributed by atoms with Crippen LogP contribution in [0.1, 0.15) is 25.2 Å². The van der Waals surface area contributed by atoms with Gasteiger partial charge in [-0.05, 0) is 40.8 Å². The van der Waals surface area contributed by atoms with E-state index in [2.05, 4.69) is 17.4 Å². The molecule has 6 heteroatoms. The number of hydrogen-bond acceptors (Lipinski definition) is 5. The van der Waals surface area contributed by atoms with Crippen molar-refractivity contribution >= 4 is 34.4 Å². The third-order valence-electron chi connectivity index (χ3n) is 4.55. The molecule has 158 valence electrons. The first kappa shape index (κ1) is 22.0. The number of amides is 1. The summed E-state index contributed by atoms with van der Waals surface area (Å²) >= 11 is 1.47. The number of benzene rings is 2. The third-order valence-corrected chi connectivity index (χ3v) is 5.53. The predicted molar refractivity (Wildman–Crippen MR) is 121 cm³/mol. The number of ketones is 1. The highest BCUT2D eigenvalue weighted by atomic mass is 32.2. The van der Waals surface area contributed by atoms with Crippen LogP contribution in [0.4, 0.5) is 4.79 Å². The van der Waals surface area contributed by atoms with Gasteiger partial charge in [-0.2, -0.15) is 0 Å². The number of ether oxygens (including phenoxy) is 1. The molecule has 0 bridgehead atoms. The SMILES string of the molecule is CC(C)COC(=O)NC(Cc1ccc2ccccc2c1)C(=O)CSCc1ccco1. The number of fused-ring (bicyclic) bond motifs is 1. The second-order valence-corrected chi connectivity index (χ2v) is 8.60. The van der Waals surface area contributed by atoms with Crippen LogP contribution in [0.3, 0.4) is 0 Å². The molecular weight excluding hydrogens is 398 g/mol. The molecule has 1 atom stereocenters. The van der Waals surface area contributed by atoms with Crippen LogP contribution in [-0.4, -0.2) is 30.3 Å². The molecule has 0 spiro atoms. The number of nitrogens with one attached hydrogen (secondary N) is 1. The number of furan rings is 1. The maximum Gasteiger partial charge on any atom is 0.407 e. The molecule has 0 fully saturated rings. The standard InChI is InChI=1S/C24H27NO4S/c1-17(2)14-29-24(27)25-22(23(26)16-30-15-21-8-5-11-28-21)13-18-9-10-19-6-3-4-7-20(19)12-18/h3-12,17,22H,13-16H2,1-2H3,(H,25,27). The quantitative estimate of drug-likeness (QED) is 0.482. The number of alkyl carbamates (subject to hydrolysis) is 1. The number of Topliss-reactive ketones (excluding diaryl/α,β-unsaturated/α-hetero) is 1. The van der Waals surface area contributed by atoms with E-state index >= 15 is 0 Å². The second kappa shape index (κ2) is 10.9. The van der Waals surface area contributed by atoms with Crippen LogP contribution in [0.25, 0.3) is 10.8 Å². The largest absolute Gasteiger partial charge is 0.468 e. The van der Waals surface area contributed by atoms with Crippen LogP contribution in [-0.2, 0) is 21.7 Å². The van der Waals surface area contributed by atoms with E-state index in [0.717, 1.165) is 22.1 Å². The molecule has 2 aromatic carbocycles. The molecule has 5 nitrogen and oxygen atoms in total. The topological polar surface area (TPSA) is 68.5 Å². The number of carbonyl (C=O) groups excluding carboxylic acids is 2. The van der Waals surface area contributed by atoms with Gasteiger partial charge in [-0.15, -0.1) is 11.8 Å². The highest BCUT2D eigenvalue weighted by Gasteiger charge is 2.22. The van der Waals surface area contributed by atoms with Crippen molar-refractivity contribution in [3.8, 4) is 0 Å². The summed E-state index contributed by atoms with van der Waals surface area (Å²) < 4.78 is 10.5. The molecule has 30 heavy (non-hydrogen) atoms. The third kappa shape index (κ3) is 6.66. The van der Waals surface area contributed by atoms with Gasteiger partial charge in [0.1, 0.15) is 5.76 Å². The van der Waals surface area contributed by atoms with E-state index in [1.54, 1.807) is 6.26 Å². The van der Waals surface area contributed by atoms with Gasteiger partial charge in [0.05, 0.1) is 30.4 Å². The van der Waals surface area contributed by atoms with Crippen LogP contribution < -0.4 is 5.32 Å². The molecule has 0 aliphatic carbocycles. The minimum atomic E-state index is -0.644. The molecule has 1 heterocycles. The molecule has 1 N–H and O–H groups in total. The highest BCUT2D eigenvalue weighted by Crippen LogP contribution is 2.18. The zero-order valence-electron chi connectivity index (χ0n) is 17.3. The summed E-state index contributed by atoms with van der Waals surface area (Å²) in [6.07, 6.45) is 1.48. The Bertz CT molecular complexity index is 968. The van der Waals surface area contributed by atoms with Gasteiger partial charge in [-0.1, -0.05) is 56.3 Å². The average molecular weight is 426 g/mol. The maximum absolute atomic E-state index is 12.9. The number of thioether (sulfide) groups is 1. The van der Waals surface area contributed by atoms with Gasteiger partial charge < -0.3 is 14.5 Å². The first-order valence-electron chi connectivity index (χ1n) is 10.0. The number of rotatable bonds is 10. The van der Waals surface area contributed by atoms with Gasteiger partial charge >= 0.3 is 6.09 Å². The van der Waals surface area contributed by atoms with Crippen molar-refractivity contribution < 1.29 is 18.7 Å². The van der Waals surface area contributed by atoms with E-state index in [0.29, 0.717) is 18.8 Å². The van der Waals surface area contributed by atoms with Crippen LogP contribution in [0.5, 0.6) is 0 Å². The molecule has 0 radical (unpaired) electrons. The van der Waals surface area contributed by atoms with Crippen LogP contribution in [0.15, 0.2) is 65.3 Å². The molecule has 1 aromatic heterocycles.